The first-order valence-electron chi connectivity index (χ1n) is 11.7. The molecule has 0 bridgehead atoms. The Balaban J connectivity index is -0.0000000508. The van der Waals surface area contributed by atoms with Crippen molar-refractivity contribution in [3.63, 3.8) is 0 Å². The molecule has 8 heteroatoms. The van der Waals surface area contributed by atoms with Crippen molar-refractivity contribution in [3.05, 3.63) is 0 Å². The number of carbonyl (C=O) groups excluding carboxylic acids is 3. The van der Waals surface area contributed by atoms with E-state index in [0.29, 0.717) is 0 Å². The highest BCUT2D eigenvalue weighted by atomic mass is 32.2. The van der Waals surface area contributed by atoms with Gasteiger partial charge in [0.05, 0.1) is 14.2 Å². The molecule has 1 saturated carbocycles. The lowest BCUT2D eigenvalue weighted by atomic mass is 9.84. The first-order valence-corrected chi connectivity index (χ1v) is 13.3. The molecule has 0 unspecified atom stereocenters. The predicted molar refractivity (Wildman–Crippen MR) is 152 cm³/mol. The van der Waals surface area contributed by atoms with Crippen LogP contribution >= 0.6 is 11.8 Å². The molecule has 0 spiro atoms. The van der Waals surface area contributed by atoms with E-state index in [1.165, 1.54) is 74.0 Å². The molecule has 1 aliphatic carbocycles. The van der Waals surface area contributed by atoms with Gasteiger partial charge in [-0.05, 0) is 52.3 Å². The van der Waals surface area contributed by atoms with Crippen molar-refractivity contribution in [1.82, 2.24) is 5.32 Å². The van der Waals surface area contributed by atoms with E-state index in [2.05, 4.69) is 47.2 Å². The molecule has 0 aromatic rings. The lowest BCUT2D eigenvalue weighted by Crippen LogP contribution is -2.08. The predicted octanol–water partition coefficient (Wildman–Crippen LogP) is 6.28. The second-order valence-electron chi connectivity index (χ2n) is 7.69. The minimum absolute atomic E-state index is 0.167. The van der Waals surface area contributed by atoms with E-state index in [1.54, 1.807) is 26.0 Å². The number of thioether (sulfide) groups is 1. The number of nitrogens with one attached hydrogen (secondary N) is 1. The van der Waals surface area contributed by atoms with Crippen molar-refractivity contribution in [1.29, 1.82) is 0 Å². The van der Waals surface area contributed by atoms with E-state index in [-0.39, 0.29) is 17.7 Å². The summed E-state index contributed by atoms with van der Waals surface area (Å²) in [5.74, 6) is 1.72. The third kappa shape index (κ3) is 166. The van der Waals surface area contributed by atoms with Crippen LogP contribution in [0.4, 0.5) is 0 Å². The summed E-state index contributed by atoms with van der Waals surface area (Å²) < 4.78 is 12.5. The molecule has 0 aromatic heterocycles. The maximum absolute atomic E-state index is 9.59. The quantitative estimate of drug-likeness (QED) is 0.377. The molecule has 0 aliphatic heterocycles. The topological polar surface area (TPSA) is 90.9 Å². The minimum atomic E-state index is -0.245. The summed E-state index contributed by atoms with van der Waals surface area (Å²) in [6.45, 7) is 14.8. The minimum Gasteiger partial charge on any atom is -0.469 e. The fourth-order valence-electron chi connectivity index (χ4n) is 1.43. The Morgan fingerprint density at radius 1 is 0.735 bits per heavy atom. The summed E-state index contributed by atoms with van der Waals surface area (Å²) in [4.78, 5) is 28.6. The Kier molecular flexibility index (Phi) is 78.2. The van der Waals surface area contributed by atoms with Crippen LogP contribution in [0.15, 0.2) is 0 Å². The zero-order valence-corrected chi connectivity index (χ0v) is 26.4. The molecule has 0 atom stereocenters. The van der Waals surface area contributed by atoms with E-state index in [1.807, 2.05) is 26.6 Å². The summed E-state index contributed by atoms with van der Waals surface area (Å²) in [6, 6.07) is 0. The molecule has 1 aliphatic rings. The SMILES string of the molecule is CC(C)=O.CC1CCC(C)CC1.CCC.CNC.COC.COC(C)=O.COC(C)=O.CSC. The van der Waals surface area contributed by atoms with Crippen LogP contribution in [0.1, 0.15) is 87.5 Å². The fourth-order valence-corrected chi connectivity index (χ4v) is 1.43. The average molecular weight is 516 g/mol. The summed E-state index contributed by atoms with van der Waals surface area (Å²) >= 11 is 1.75. The number of esters is 2. The van der Waals surface area contributed by atoms with Crippen LogP contribution in [0, 0.1) is 11.8 Å². The number of carbonyl (C=O) groups is 3. The fraction of sp³-hybridized carbons (Fsp3) is 0.885. The molecular formula is C26H61NO6S. The van der Waals surface area contributed by atoms with Gasteiger partial charge in [0.1, 0.15) is 5.78 Å². The van der Waals surface area contributed by atoms with Gasteiger partial charge in [-0.1, -0.05) is 59.8 Å². The lowest BCUT2D eigenvalue weighted by molar-refractivity contribution is -0.138. The van der Waals surface area contributed by atoms with Gasteiger partial charge in [0.15, 0.2) is 0 Å². The Morgan fingerprint density at radius 2 is 0.824 bits per heavy atom. The smallest absolute Gasteiger partial charge is 0.302 e. The van der Waals surface area contributed by atoms with E-state index < -0.39 is 0 Å². The highest BCUT2D eigenvalue weighted by molar-refractivity contribution is 7.97. The van der Waals surface area contributed by atoms with Crippen molar-refractivity contribution in [2.45, 2.75) is 87.5 Å². The molecule has 0 aromatic carbocycles. The van der Waals surface area contributed by atoms with Crippen LogP contribution in [0.25, 0.3) is 0 Å². The second-order valence-corrected chi connectivity index (χ2v) is 8.50. The molecule has 1 N–H and O–H groups in total. The van der Waals surface area contributed by atoms with Crippen molar-refractivity contribution in [2.75, 3.05) is 55.0 Å². The molecule has 0 saturated heterocycles. The maximum atomic E-state index is 9.59. The molecule has 7 nitrogen and oxygen atoms in total. The summed E-state index contributed by atoms with van der Waals surface area (Å²) in [5.41, 5.74) is 0. The van der Waals surface area contributed by atoms with Crippen molar-refractivity contribution < 1.29 is 28.6 Å². The maximum Gasteiger partial charge on any atom is 0.302 e. The monoisotopic (exact) mass is 515 g/mol. The highest BCUT2D eigenvalue weighted by Gasteiger charge is 2.13. The first kappa shape index (κ1) is 49.9. The number of Topliss-reactive ketones (excluding diaryl/α,β-unsaturated/α-hetero) is 1. The van der Waals surface area contributed by atoms with Gasteiger partial charge in [0.2, 0.25) is 0 Å². The van der Waals surface area contributed by atoms with Crippen LogP contribution in [0.3, 0.4) is 0 Å². The van der Waals surface area contributed by atoms with Gasteiger partial charge in [-0.15, -0.1) is 0 Å². The summed E-state index contributed by atoms with van der Waals surface area (Å²) in [6.07, 6.45) is 11.2. The van der Waals surface area contributed by atoms with Crippen LogP contribution in [0.2, 0.25) is 0 Å². The molecular weight excluding hydrogens is 454 g/mol. The number of hydrogen-bond acceptors (Lipinski definition) is 8. The van der Waals surface area contributed by atoms with Crippen molar-refractivity contribution in [2.24, 2.45) is 11.8 Å². The van der Waals surface area contributed by atoms with Gasteiger partial charge >= 0.3 is 11.9 Å². The number of ether oxygens (including phenoxy) is 3. The standard InChI is InChI=1S/C8H16.2C3H6O2.C3H6O.C3H8.C2H7N.C2H6O.C2H6S/c1-7-3-5-8(2)6-4-7;2*1-3(4)5-2;1-3(2)4;4*1-3-2/h7-8H,3-6H2,1-2H3;2*1-2H3;1-2H3;3H2,1-2H3;3H,1-2H3;2*1-2H3. The van der Waals surface area contributed by atoms with Gasteiger partial charge < -0.3 is 24.3 Å². The Labute approximate surface area is 217 Å². The van der Waals surface area contributed by atoms with Crippen LogP contribution in [-0.4, -0.2) is 72.8 Å². The average Bonchev–Trinajstić information content (AvgIpc) is 2.73. The number of hydrogen-bond donors (Lipinski definition) is 1. The molecule has 0 radical (unpaired) electrons. The second kappa shape index (κ2) is 53.3. The van der Waals surface area contributed by atoms with E-state index in [9.17, 15) is 14.4 Å². The van der Waals surface area contributed by atoms with Gasteiger partial charge in [-0.25, -0.2) is 0 Å². The Hall–Kier alpha value is -1.12. The molecule has 1 rings (SSSR count). The molecule has 212 valence electrons. The first-order chi connectivity index (χ1) is 15.7. The largest absolute Gasteiger partial charge is 0.469 e. The highest BCUT2D eigenvalue weighted by Crippen LogP contribution is 2.27. The third-order valence-electron chi connectivity index (χ3n) is 2.88. The normalized spacial score (nSPS) is 14.2. The van der Waals surface area contributed by atoms with Crippen molar-refractivity contribution in [3.8, 4) is 0 Å². The number of methoxy groups -OCH3 is 3. The summed E-state index contributed by atoms with van der Waals surface area (Å²) in [5, 5.41) is 2.75. The zero-order valence-electron chi connectivity index (χ0n) is 25.5. The van der Waals surface area contributed by atoms with Gasteiger partial charge in [0.25, 0.3) is 0 Å². The zero-order chi connectivity index (χ0) is 29.0. The van der Waals surface area contributed by atoms with Crippen LogP contribution in [-0.2, 0) is 28.6 Å². The van der Waals surface area contributed by atoms with Crippen LogP contribution in [0.5, 0.6) is 0 Å². The van der Waals surface area contributed by atoms with E-state index >= 15 is 0 Å². The van der Waals surface area contributed by atoms with E-state index in [4.69, 9.17) is 0 Å². The van der Waals surface area contributed by atoms with E-state index in [0.717, 1.165) is 11.8 Å². The van der Waals surface area contributed by atoms with Gasteiger partial charge in [0, 0.05) is 28.1 Å². The van der Waals surface area contributed by atoms with Gasteiger partial charge in [-0.2, -0.15) is 11.8 Å². The molecule has 0 amide bonds. The summed E-state index contributed by atoms with van der Waals surface area (Å²) in [7, 11) is 9.70. The van der Waals surface area contributed by atoms with Crippen LogP contribution < -0.4 is 5.32 Å². The molecule has 34 heavy (non-hydrogen) atoms. The third-order valence-corrected chi connectivity index (χ3v) is 2.88. The number of rotatable bonds is 0. The lowest BCUT2D eigenvalue weighted by Gasteiger charge is -2.22. The molecule has 0 heterocycles. The Morgan fingerprint density at radius 3 is 0.882 bits per heavy atom. The number of ketones is 1. The van der Waals surface area contributed by atoms with Crippen molar-refractivity contribution >= 4 is 29.5 Å². The van der Waals surface area contributed by atoms with Gasteiger partial charge in [-0.3, -0.25) is 9.59 Å². The Bertz CT molecular complexity index is 325. The molecule has 1 fully saturated rings.